The normalized spacial score (nSPS) is 14.9. The Labute approximate surface area is 87.7 Å². The Morgan fingerprint density at radius 3 is 2.21 bits per heavy atom. The van der Waals surface area contributed by atoms with Crippen molar-refractivity contribution in [2.75, 3.05) is 0 Å². The first-order chi connectivity index (χ1) is 6.77. The van der Waals surface area contributed by atoms with Crippen molar-refractivity contribution in [3.63, 3.8) is 0 Å². The summed E-state index contributed by atoms with van der Waals surface area (Å²) < 4.78 is 0. The van der Waals surface area contributed by atoms with Gasteiger partial charge in [0.25, 0.3) is 0 Å². The van der Waals surface area contributed by atoms with Crippen molar-refractivity contribution in [2.24, 2.45) is 5.92 Å². The van der Waals surface area contributed by atoms with E-state index in [-0.39, 0.29) is 11.7 Å². The van der Waals surface area contributed by atoms with E-state index in [1.54, 1.807) is 24.3 Å². The summed E-state index contributed by atoms with van der Waals surface area (Å²) in [6.07, 6.45) is 7.55. The van der Waals surface area contributed by atoms with Gasteiger partial charge in [-0.2, -0.15) is 0 Å². The molecule has 0 heterocycles. The molecule has 0 unspecified atom stereocenters. The van der Waals surface area contributed by atoms with Crippen LogP contribution < -0.4 is 0 Å². The summed E-state index contributed by atoms with van der Waals surface area (Å²) in [7, 11) is 0. The van der Waals surface area contributed by atoms with Crippen molar-refractivity contribution >= 4 is 17.4 Å². The average molecular weight is 205 g/mol. The van der Waals surface area contributed by atoms with Crippen molar-refractivity contribution < 1.29 is 4.79 Å². The van der Waals surface area contributed by atoms with Crippen molar-refractivity contribution in [3.05, 3.63) is 59.2 Å². The number of carbonyl (C=O) groups is 1. The van der Waals surface area contributed by atoms with Crippen LogP contribution >= 0.6 is 11.6 Å². The Morgan fingerprint density at radius 1 is 1.07 bits per heavy atom. The zero-order valence-electron chi connectivity index (χ0n) is 7.48. The molecule has 2 rings (SSSR count). The number of rotatable bonds is 2. The van der Waals surface area contributed by atoms with Gasteiger partial charge in [0, 0.05) is 10.6 Å². The smallest absolute Gasteiger partial charge is 0.173 e. The maximum absolute atomic E-state index is 11.8. The van der Waals surface area contributed by atoms with Crippen LogP contribution in [0.25, 0.3) is 0 Å². The van der Waals surface area contributed by atoms with E-state index in [0.717, 1.165) is 0 Å². The van der Waals surface area contributed by atoms with E-state index in [1.807, 2.05) is 24.3 Å². The molecule has 0 N–H and O–H groups in total. The Hall–Kier alpha value is -1.34. The van der Waals surface area contributed by atoms with Crippen LogP contribution in [0, 0.1) is 5.92 Å². The van der Waals surface area contributed by atoms with Crippen LogP contribution in [0.4, 0.5) is 0 Å². The second-order valence-corrected chi connectivity index (χ2v) is 3.60. The Kier molecular flexibility index (Phi) is 2.51. The Balaban J connectivity index is 2.23. The molecule has 1 aromatic rings. The van der Waals surface area contributed by atoms with Gasteiger partial charge in [-0.05, 0) is 24.3 Å². The van der Waals surface area contributed by atoms with E-state index in [2.05, 4.69) is 0 Å². The van der Waals surface area contributed by atoms with Gasteiger partial charge < -0.3 is 0 Å². The number of halogens is 1. The third-order valence-electron chi connectivity index (χ3n) is 2.18. The molecule has 0 saturated carbocycles. The highest BCUT2D eigenvalue weighted by Gasteiger charge is 2.15. The summed E-state index contributed by atoms with van der Waals surface area (Å²) in [5.41, 5.74) is 0.704. The molecule has 1 aliphatic carbocycles. The van der Waals surface area contributed by atoms with Gasteiger partial charge in [-0.1, -0.05) is 35.9 Å². The van der Waals surface area contributed by atoms with Gasteiger partial charge in [0.2, 0.25) is 0 Å². The van der Waals surface area contributed by atoms with E-state index in [0.29, 0.717) is 10.6 Å². The summed E-state index contributed by atoms with van der Waals surface area (Å²) in [5.74, 6) is 0.0165. The van der Waals surface area contributed by atoms with Crippen molar-refractivity contribution in [2.45, 2.75) is 0 Å². The minimum absolute atomic E-state index is 0.101. The second-order valence-electron chi connectivity index (χ2n) is 3.17. The van der Waals surface area contributed by atoms with Gasteiger partial charge in [0.1, 0.15) is 0 Å². The number of carbonyl (C=O) groups excluding carboxylic acids is 1. The summed E-state index contributed by atoms with van der Waals surface area (Å²) in [6, 6.07) is 6.98. The lowest BCUT2D eigenvalue weighted by molar-refractivity contribution is 0.0966. The monoisotopic (exact) mass is 204 g/mol. The van der Waals surface area contributed by atoms with Crippen LogP contribution in [-0.4, -0.2) is 5.78 Å². The molecule has 1 aliphatic rings. The highest BCUT2D eigenvalue weighted by molar-refractivity contribution is 6.30. The van der Waals surface area contributed by atoms with E-state index in [9.17, 15) is 4.79 Å². The minimum atomic E-state index is -0.101. The van der Waals surface area contributed by atoms with Crippen LogP contribution in [0.1, 0.15) is 10.4 Å². The topological polar surface area (TPSA) is 17.1 Å². The molecule has 0 saturated heterocycles. The number of Topliss-reactive ketones (excluding diaryl/α,β-unsaturated/α-hetero) is 1. The lowest BCUT2D eigenvalue weighted by atomic mass is 9.99. The summed E-state index contributed by atoms with van der Waals surface area (Å²) in [6.45, 7) is 0. The Morgan fingerprint density at radius 2 is 1.64 bits per heavy atom. The third kappa shape index (κ3) is 1.78. The first-order valence-corrected chi connectivity index (χ1v) is 4.80. The Bertz CT molecular complexity index is 389. The predicted octanol–water partition coefficient (Wildman–Crippen LogP) is 3.26. The first kappa shape index (κ1) is 9.22. The van der Waals surface area contributed by atoms with Gasteiger partial charge in [-0.15, -0.1) is 0 Å². The number of benzene rings is 1. The molecule has 0 bridgehead atoms. The van der Waals surface area contributed by atoms with Gasteiger partial charge in [-0.25, -0.2) is 0 Å². The molecule has 0 amide bonds. The molecule has 1 aromatic carbocycles. The SMILES string of the molecule is O=C(c1ccc(Cl)cc1)C1C=CC=C1. The fourth-order valence-corrected chi connectivity index (χ4v) is 1.54. The maximum Gasteiger partial charge on any atom is 0.173 e. The second kappa shape index (κ2) is 3.81. The molecule has 0 radical (unpaired) electrons. The summed E-state index contributed by atoms with van der Waals surface area (Å²) >= 11 is 5.74. The number of ketones is 1. The van der Waals surface area contributed by atoms with E-state index >= 15 is 0 Å². The lowest BCUT2D eigenvalue weighted by Gasteiger charge is -2.04. The molecule has 14 heavy (non-hydrogen) atoms. The van der Waals surface area contributed by atoms with Crippen LogP contribution in [0.2, 0.25) is 5.02 Å². The van der Waals surface area contributed by atoms with Crippen LogP contribution in [0.3, 0.4) is 0 Å². The largest absolute Gasteiger partial charge is 0.293 e. The summed E-state index contributed by atoms with van der Waals surface area (Å²) in [5, 5.41) is 0.652. The molecule has 70 valence electrons. The van der Waals surface area contributed by atoms with E-state index in [1.165, 1.54) is 0 Å². The zero-order chi connectivity index (χ0) is 9.97. The number of hydrogen-bond donors (Lipinski definition) is 0. The molecule has 2 heteroatoms. The van der Waals surface area contributed by atoms with Gasteiger partial charge >= 0.3 is 0 Å². The fraction of sp³-hybridized carbons (Fsp3) is 0.0833. The van der Waals surface area contributed by atoms with Gasteiger partial charge in [0.05, 0.1) is 5.92 Å². The molecule has 0 fully saturated rings. The highest BCUT2D eigenvalue weighted by Crippen LogP contribution is 2.17. The molecule has 0 aliphatic heterocycles. The average Bonchev–Trinajstić information content (AvgIpc) is 2.71. The van der Waals surface area contributed by atoms with Crippen LogP contribution in [0.15, 0.2) is 48.6 Å². The maximum atomic E-state index is 11.8. The van der Waals surface area contributed by atoms with Gasteiger partial charge in [-0.3, -0.25) is 4.79 Å². The van der Waals surface area contributed by atoms with E-state index in [4.69, 9.17) is 11.6 Å². The van der Waals surface area contributed by atoms with Crippen LogP contribution in [0.5, 0.6) is 0 Å². The molecule has 1 nitrogen and oxygen atoms in total. The number of allylic oxidation sites excluding steroid dienone is 4. The van der Waals surface area contributed by atoms with Crippen molar-refractivity contribution in [1.29, 1.82) is 0 Å². The quantitative estimate of drug-likeness (QED) is 0.676. The van der Waals surface area contributed by atoms with Crippen molar-refractivity contribution in [3.8, 4) is 0 Å². The number of hydrogen-bond acceptors (Lipinski definition) is 1. The fourth-order valence-electron chi connectivity index (χ4n) is 1.41. The molecule has 0 atom stereocenters. The van der Waals surface area contributed by atoms with Gasteiger partial charge in [0.15, 0.2) is 5.78 Å². The highest BCUT2D eigenvalue weighted by atomic mass is 35.5. The zero-order valence-corrected chi connectivity index (χ0v) is 8.24. The van der Waals surface area contributed by atoms with Crippen LogP contribution in [-0.2, 0) is 0 Å². The molecule has 0 spiro atoms. The lowest BCUT2D eigenvalue weighted by Crippen LogP contribution is -2.08. The van der Waals surface area contributed by atoms with E-state index < -0.39 is 0 Å². The molecule has 0 aromatic heterocycles. The third-order valence-corrected chi connectivity index (χ3v) is 2.43. The summed E-state index contributed by atoms with van der Waals surface area (Å²) in [4.78, 5) is 11.8. The predicted molar refractivity (Wildman–Crippen MR) is 57.6 cm³/mol. The minimum Gasteiger partial charge on any atom is -0.293 e. The standard InChI is InChI=1S/C12H9ClO/c13-11-7-5-10(6-8-11)12(14)9-3-1-2-4-9/h1-9H. The molecular weight excluding hydrogens is 196 g/mol. The van der Waals surface area contributed by atoms with Crippen molar-refractivity contribution in [1.82, 2.24) is 0 Å². The first-order valence-electron chi connectivity index (χ1n) is 4.42. The molecular formula is C12H9ClO.